The predicted octanol–water partition coefficient (Wildman–Crippen LogP) is 4.46. The highest BCUT2D eigenvalue weighted by atomic mass is 16.1. The van der Waals surface area contributed by atoms with E-state index in [1.165, 1.54) is 5.57 Å². The molecular weight excluding hydrogens is 260 g/mol. The van der Waals surface area contributed by atoms with E-state index in [0.717, 1.165) is 12.0 Å². The molecule has 0 N–H and O–H groups in total. The largest absolute Gasteiger partial charge is 0.295 e. The van der Waals surface area contributed by atoms with Crippen LogP contribution in [0.4, 0.5) is 0 Å². The minimum atomic E-state index is 0.186. The van der Waals surface area contributed by atoms with Gasteiger partial charge >= 0.3 is 0 Å². The second-order valence-corrected chi connectivity index (χ2v) is 6.31. The van der Waals surface area contributed by atoms with Crippen molar-refractivity contribution in [3.05, 3.63) is 47.5 Å². The zero-order chi connectivity index (χ0) is 15.4. The fourth-order valence-corrected chi connectivity index (χ4v) is 3.07. The molecule has 2 heteroatoms. The molecule has 0 aromatic heterocycles. The van der Waals surface area contributed by atoms with Crippen molar-refractivity contribution in [2.75, 3.05) is 0 Å². The number of carbonyl (C=O) groups is 2. The number of benzene rings is 1. The van der Waals surface area contributed by atoms with Gasteiger partial charge in [-0.05, 0) is 30.3 Å². The third-order valence-electron chi connectivity index (χ3n) is 4.70. The van der Waals surface area contributed by atoms with Gasteiger partial charge in [0.25, 0.3) is 0 Å². The summed E-state index contributed by atoms with van der Waals surface area (Å²) in [7, 11) is 0. The van der Waals surface area contributed by atoms with E-state index in [-0.39, 0.29) is 11.6 Å². The van der Waals surface area contributed by atoms with Crippen molar-refractivity contribution in [3.8, 4) is 0 Å². The smallest absolute Gasteiger partial charge is 0.162 e. The van der Waals surface area contributed by atoms with E-state index < -0.39 is 0 Å². The van der Waals surface area contributed by atoms with E-state index in [4.69, 9.17) is 0 Å². The minimum absolute atomic E-state index is 0.186. The molecule has 112 valence electrons. The van der Waals surface area contributed by atoms with E-state index in [1.54, 1.807) is 0 Å². The van der Waals surface area contributed by atoms with Crippen molar-refractivity contribution in [2.45, 2.75) is 40.0 Å². The standard InChI is InChI=1S/C19H24O2/c1-13(18-12-17(20)11-14(2)15(18)3)9-10-19(21)16-7-5-4-6-8-16/h4-8,12-15H,9-11H2,1-3H3. The van der Waals surface area contributed by atoms with Crippen LogP contribution in [0.2, 0.25) is 0 Å². The van der Waals surface area contributed by atoms with Gasteiger partial charge in [0.15, 0.2) is 11.6 Å². The number of rotatable bonds is 5. The van der Waals surface area contributed by atoms with Gasteiger partial charge in [-0.2, -0.15) is 0 Å². The first-order valence-corrected chi connectivity index (χ1v) is 7.81. The monoisotopic (exact) mass is 284 g/mol. The Morgan fingerprint density at radius 1 is 1.24 bits per heavy atom. The Morgan fingerprint density at radius 2 is 1.90 bits per heavy atom. The zero-order valence-corrected chi connectivity index (χ0v) is 13.1. The summed E-state index contributed by atoms with van der Waals surface area (Å²) >= 11 is 0. The van der Waals surface area contributed by atoms with Crippen LogP contribution in [0.1, 0.15) is 50.4 Å². The Balaban J connectivity index is 1.97. The van der Waals surface area contributed by atoms with Crippen LogP contribution in [0.5, 0.6) is 0 Å². The lowest BCUT2D eigenvalue weighted by atomic mass is 9.74. The lowest BCUT2D eigenvalue weighted by Crippen LogP contribution is -2.24. The Labute approximate surface area is 127 Å². The number of hydrogen-bond donors (Lipinski definition) is 0. The van der Waals surface area contributed by atoms with Crippen LogP contribution in [0.25, 0.3) is 0 Å². The second-order valence-electron chi connectivity index (χ2n) is 6.31. The Bertz CT molecular complexity index is 542. The molecule has 3 unspecified atom stereocenters. The average Bonchev–Trinajstić information content (AvgIpc) is 2.49. The van der Waals surface area contributed by atoms with Gasteiger partial charge in [0.05, 0.1) is 0 Å². The fraction of sp³-hybridized carbons (Fsp3) is 0.474. The first kappa shape index (κ1) is 15.7. The van der Waals surface area contributed by atoms with Crippen LogP contribution in [0.3, 0.4) is 0 Å². The van der Waals surface area contributed by atoms with Gasteiger partial charge in [0, 0.05) is 18.4 Å². The molecule has 1 aromatic carbocycles. The average molecular weight is 284 g/mol. The second kappa shape index (κ2) is 6.84. The van der Waals surface area contributed by atoms with Gasteiger partial charge in [-0.25, -0.2) is 0 Å². The number of carbonyl (C=O) groups excluding carboxylic acids is 2. The van der Waals surface area contributed by atoms with Gasteiger partial charge in [0.1, 0.15) is 0 Å². The number of hydrogen-bond acceptors (Lipinski definition) is 2. The molecule has 0 saturated carbocycles. The minimum Gasteiger partial charge on any atom is -0.295 e. The summed E-state index contributed by atoms with van der Waals surface area (Å²) in [5, 5.41) is 0. The van der Waals surface area contributed by atoms with Crippen LogP contribution < -0.4 is 0 Å². The van der Waals surface area contributed by atoms with Gasteiger partial charge in [-0.15, -0.1) is 0 Å². The highest BCUT2D eigenvalue weighted by Crippen LogP contribution is 2.34. The molecule has 1 aromatic rings. The summed E-state index contributed by atoms with van der Waals surface area (Å²) in [5.74, 6) is 1.55. The molecule has 0 radical (unpaired) electrons. The first-order valence-electron chi connectivity index (χ1n) is 7.81. The summed E-state index contributed by atoms with van der Waals surface area (Å²) in [6.45, 7) is 6.46. The van der Waals surface area contributed by atoms with Crippen molar-refractivity contribution in [1.82, 2.24) is 0 Å². The Kier molecular flexibility index (Phi) is 5.11. The summed E-state index contributed by atoms with van der Waals surface area (Å²) < 4.78 is 0. The third kappa shape index (κ3) is 3.90. The maximum Gasteiger partial charge on any atom is 0.162 e. The van der Waals surface area contributed by atoms with Crippen LogP contribution in [0.15, 0.2) is 42.0 Å². The van der Waals surface area contributed by atoms with E-state index in [9.17, 15) is 9.59 Å². The molecule has 0 saturated heterocycles. The molecule has 0 heterocycles. The highest BCUT2D eigenvalue weighted by molar-refractivity contribution is 5.96. The molecule has 1 aliphatic carbocycles. The normalized spacial score (nSPS) is 23.6. The summed E-state index contributed by atoms with van der Waals surface area (Å²) in [6, 6.07) is 9.43. The lowest BCUT2D eigenvalue weighted by Gasteiger charge is -2.30. The van der Waals surface area contributed by atoms with Crippen LogP contribution in [-0.4, -0.2) is 11.6 Å². The van der Waals surface area contributed by atoms with Crippen molar-refractivity contribution in [2.24, 2.45) is 17.8 Å². The number of ketones is 2. The quantitative estimate of drug-likeness (QED) is 0.748. The summed E-state index contributed by atoms with van der Waals surface area (Å²) in [6.07, 6.45) is 3.82. The van der Waals surface area contributed by atoms with Crippen molar-refractivity contribution in [1.29, 1.82) is 0 Å². The van der Waals surface area contributed by atoms with E-state index in [0.29, 0.717) is 30.6 Å². The topological polar surface area (TPSA) is 34.1 Å². The van der Waals surface area contributed by atoms with Crippen molar-refractivity contribution in [3.63, 3.8) is 0 Å². The maximum absolute atomic E-state index is 12.2. The van der Waals surface area contributed by atoms with Gasteiger partial charge in [-0.1, -0.05) is 56.7 Å². The van der Waals surface area contributed by atoms with Crippen LogP contribution in [0, 0.1) is 17.8 Å². The summed E-state index contributed by atoms with van der Waals surface area (Å²) in [4.78, 5) is 23.9. The predicted molar refractivity (Wildman–Crippen MR) is 85.2 cm³/mol. The molecule has 0 bridgehead atoms. The fourth-order valence-electron chi connectivity index (χ4n) is 3.07. The van der Waals surface area contributed by atoms with E-state index in [1.807, 2.05) is 36.4 Å². The molecule has 3 atom stereocenters. The first-order chi connectivity index (χ1) is 9.99. The van der Waals surface area contributed by atoms with Gasteiger partial charge < -0.3 is 0 Å². The Hall–Kier alpha value is -1.70. The molecule has 21 heavy (non-hydrogen) atoms. The Morgan fingerprint density at radius 3 is 2.57 bits per heavy atom. The van der Waals surface area contributed by atoms with Crippen molar-refractivity contribution < 1.29 is 9.59 Å². The van der Waals surface area contributed by atoms with E-state index in [2.05, 4.69) is 20.8 Å². The number of allylic oxidation sites excluding steroid dienone is 2. The van der Waals surface area contributed by atoms with E-state index >= 15 is 0 Å². The third-order valence-corrected chi connectivity index (χ3v) is 4.70. The molecular formula is C19H24O2. The van der Waals surface area contributed by atoms with Crippen molar-refractivity contribution >= 4 is 11.6 Å². The molecule has 2 nitrogen and oxygen atoms in total. The molecule has 0 aliphatic heterocycles. The highest BCUT2D eigenvalue weighted by Gasteiger charge is 2.27. The SMILES string of the molecule is CC(CCC(=O)c1ccccc1)C1=CC(=O)CC(C)C1C. The van der Waals surface area contributed by atoms with Crippen LogP contribution >= 0.6 is 0 Å². The molecule has 0 spiro atoms. The lowest BCUT2D eigenvalue weighted by molar-refractivity contribution is -0.116. The molecule has 1 aliphatic rings. The van der Waals surface area contributed by atoms with Gasteiger partial charge in [-0.3, -0.25) is 9.59 Å². The van der Waals surface area contributed by atoms with Gasteiger partial charge in [0.2, 0.25) is 0 Å². The molecule has 2 rings (SSSR count). The molecule has 0 fully saturated rings. The number of Topliss-reactive ketones (excluding diaryl/α,β-unsaturated/α-hetero) is 1. The van der Waals surface area contributed by atoms with Crippen LogP contribution in [-0.2, 0) is 4.79 Å². The summed E-state index contributed by atoms with van der Waals surface area (Å²) in [5.41, 5.74) is 2.00. The maximum atomic E-state index is 12.2. The zero-order valence-electron chi connectivity index (χ0n) is 13.1. The molecule has 0 amide bonds.